The number of rotatable bonds is 6. The van der Waals surface area contributed by atoms with Crippen LogP contribution in [0.15, 0.2) is 78.9 Å². The Labute approximate surface area is 165 Å². The van der Waals surface area contributed by atoms with Crippen LogP contribution in [0.1, 0.15) is 34.1 Å². The minimum atomic E-state index is -0.129. The van der Waals surface area contributed by atoms with Crippen LogP contribution < -0.4 is 5.32 Å². The molecular formula is C23H23N5. The monoisotopic (exact) mass is 369 g/mol. The number of nitrogens with one attached hydrogen (secondary N) is 1. The molecule has 0 bridgehead atoms. The standard InChI is InChI=1S/C23H23N5/c1-17-10-9-11-18(2)22(17)28-23(25-26-27-28)21(20-14-7-4-8-15-20)24-16-19-12-5-3-6-13-19/h3-15,21,24H,16H2,1-2H3/t21-/m1/s1. The van der Waals surface area contributed by atoms with Crippen molar-refractivity contribution in [1.29, 1.82) is 0 Å². The smallest absolute Gasteiger partial charge is 0.178 e. The zero-order valence-corrected chi connectivity index (χ0v) is 16.1. The molecule has 0 aliphatic rings. The van der Waals surface area contributed by atoms with Crippen molar-refractivity contribution in [3.05, 3.63) is 107 Å². The lowest BCUT2D eigenvalue weighted by atomic mass is 10.0. The summed E-state index contributed by atoms with van der Waals surface area (Å²) in [6.07, 6.45) is 0. The third-order valence-corrected chi connectivity index (χ3v) is 4.89. The number of aromatic nitrogens is 4. The average molecular weight is 369 g/mol. The second-order valence-electron chi connectivity index (χ2n) is 6.90. The van der Waals surface area contributed by atoms with Crippen molar-refractivity contribution in [3.8, 4) is 5.69 Å². The van der Waals surface area contributed by atoms with Crippen LogP contribution >= 0.6 is 0 Å². The summed E-state index contributed by atoms with van der Waals surface area (Å²) < 4.78 is 1.86. The summed E-state index contributed by atoms with van der Waals surface area (Å²) in [6, 6.07) is 26.8. The molecule has 0 radical (unpaired) electrons. The molecule has 0 saturated carbocycles. The first kappa shape index (κ1) is 18.1. The van der Waals surface area contributed by atoms with Crippen LogP contribution in [0.25, 0.3) is 5.69 Å². The fraction of sp³-hybridized carbons (Fsp3) is 0.174. The van der Waals surface area contributed by atoms with E-state index in [1.807, 2.05) is 28.9 Å². The van der Waals surface area contributed by atoms with E-state index in [4.69, 9.17) is 0 Å². The van der Waals surface area contributed by atoms with E-state index in [1.165, 1.54) is 5.56 Å². The predicted octanol–water partition coefficient (Wildman–Crippen LogP) is 4.16. The minimum Gasteiger partial charge on any atom is -0.299 e. The highest BCUT2D eigenvalue weighted by Crippen LogP contribution is 2.25. The van der Waals surface area contributed by atoms with Gasteiger partial charge in [0.05, 0.1) is 11.7 Å². The van der Waals surface area contributed by atoms with Gasteiger partial charge in [-0.2, -0.15) is 4.68 Å². The zero-order chi connectivity index (χ0) is 19.3. The first-order chi connectivity index (χ1) is 13.7. The molecule has 0 saturated heterocycles. The van der Waals surface area contributed by atoms with Crippen molar-refractivity contribution in [2.24, 2.45) is 0 Å². The Bertz CT molecular complexity index is 1020. The molecular weight excluding hydrogens is 346 g/mol. The summed E-state index contributed by atoms with van der Waals surface area (Å²) in [7, 11) is 0. The van der Waals surface area contributed by atoms with Gasteiger partial charge in [0.2, 0.25) is 0 Å². The molecule has 0 fully saturated rings. The van der Waals surface area contributed by atoms with E-state index in [0.717, 1.165) is 34.7 Å². The Morgan fingerprint density at radius 2 is 1.46 bits per heavy atom. The molecule has 4 rings (SSSR count). The van der Waals surface area contributed by atoms with E-state index in [-0.39, 0.29) is 6.04 Å². The Balaban J connectivity index is 1.75. The molecule has 0 spiro atoms. The van der Waals surface area contributed by atoms with Gasteiger partial charge in [0.15, 0.2) is 5.82 Å². The highest BCUT2D eigenvalue weighted by atomic mass is 15.5. The fourth-order valence-corrected chi connectivity index (χ4v) is 3.49. The lowest BCUT2D eigenvalue weighted by Crippen LogP contribution is -2.25. The summed E-state index contributed by atoms with van der Waals surface area (Å²) in [4.78, 5) is 0. The molecule has 0 aliphatic carbocycles. The van der Waals surface area contributed by atoms with Gasteiger partial charge in [-0.3, -0.25) is 5.32 Å². The number of benzene rings is 3. The average Bonchev–Trinajstić information content (AvgIpc) is 3.19. The number of hydrogen-bond acceptors (Lipinski definition) is 4. The molecule has 0 amide bonds. The largest absolute Gasteiger partial charge is 0.299 e. The second kappa shape index (κ2) is 8.15. The van der Waals surface area contributed by atoms with Crippen molar-refractivity contribution >= 4 is 0 Å². The normalized spacial score (nSPS) is 12.1. The van der Waals surface area contributed by atoms with E-state index >= 15 is 0 Å². The van der Waals surface area contributed by atoms with Gasteiger partial charge in [-0.1, -0.05) is 78.9 Å². The summed E-state index contributed by atoms with van der Waals surface area (Å²) in [5, 5.41) is 16.4. The summed E-state index contributed by atoms with van der Waals surface area (Å²) in [5.41, 5.74) is 5.66. The van der Waals surface area contributed by atoms with Crippen LogP contribution in [0.5, 0.6) is 0 Å². The summed E-state index contributed by atoms with van der Waals surface area (Å²) in [6.45, 7) is 4.89. The molecule has 1 heterocycles. The molecule has 3 aromatic carbocycles. The predicted molar refractivity (Wildman–Crippen MR) is 110 cm³/mol. The van der Waals surface area contributed by atoms with Crippen LogP contribution in [0.4, 0.5) is 0 Å². The van der Waals surface area contributed by atoms with Gasteiger partial charge in [-0.05, 0) is 46.5 Å². The number of nitrogens with zero attached hydrogens (tertiary/aromatic N) is 4. The maximum atomic E-state index is 4.40. The quantitative estimate of drug-likeness (QED) is 0.554. The Hall–Kier alpha value is -3.31. The lowest BCUT2D eigenvalue weighted by molar-refractivity contribution is 0.560. The third kappa shape index (κ3) is 3.70. The molecule has 28 heavy (non-hydrogen) atoms. The molecule has 0 unspecified atom stereocenters. The molecule has 1 aromatic heterocycles. The van der Waals surface area contributed by atoms with Crippen molar-refractivity contribution in [1.82, 2.24) is 25.5 Å². The van der Waals surface area contributed by atoms with Crippen molar-refractivity contribution in [2.45, 2.75) is 26.4 Å². The highest BCUT2D eigenvalue weighted by Gasteiger charge is 2.23. The summed E-state index contributed by atoms with van der Waals surface area (Å²) >= 11 is 0. The molecule has 5 nitrogen and oxygen atoms in total. The van der Waals surface area contributed by atoms with Gasteiger partial charge in [0.25, 0.3) is 0 Å². The SMILES string of the molecule is Cc1cccc(C)c1-n1nnnc1[C@H](NCc1ccccc1)c1ccccc1. The number of hydrogen-bond donors (Lipinski definition) is 1. The number of aryl methyl sites for hydroxylation is 2. The Morgan fingerprint density at radius 1 is 0.821 bits per heavy atom. The maximum absolute atomic E-state index is 4.40. The topological polar surface area (TPSA) is 55.6 Å². The first-order valence-electron chi connectivity index (χ1n) is 9.41. The van der Waals surface area contributed by atoms with Gasteiger partial charge in [-0.25, -0.2) is 0 Å². The van der Waals surface area contributed by atoms with Crippen LogP contribution in [0.3, 0.4) is 0 Å². The van der Waals surface area contributed by atoms with E-state index in [0.29, 0.717) is 0 Å². The Kier molecular flexibility index (Phi) is 5.26. The molecule has 140 valence electrons. The van der Waals surface area contributed by atoms with E-state index < -0.39 is 0 Å². The first-order valence-corrected chi connectivity index (χ1v) is 9.41. The van der Waals surface area contributed by atoms with Crippen molar-refractivity contribution in [2.75, 3.05) is 0 Å². The Morgan fingerprint density at radius 3 is 2.14 bits per heavy atom. The molecule has 0 aliphatic heterocycles. The van der Waals surface area contributed by atoms with Gasteiger partial charge in [-0.15, -0.1) is 5.10 Å². The van der Waals surface area contributed by atoms with Crippen LogP contribution in [-0.2, 0) is 6.54 Å². The molecule has 5 heteroatoms. The number of para-hydroxylation sites is 1. The van der Waals surface area contributed by atoms with Gasteiger partial charge < -0.3 is 0 Å². The summed E-state index contributed by atoms with van der Waals surface area (Å²) in [5.74, 6) is 0.777. The maximum Gasteiger partial charge on any atom is 0.178 e. The van der Waals surface area contributed by atoms with Crippen LogP contribution in [0.2, 0.25) is 0 Å². The highest BCUT2D eigenvalue weighted by molar-refractivity contribution is 5.47. The zero-order valence-electron chi connectivity index (χ0n) is 16.1. The lowest BCUT2D eigenvalue weighted by Gasteiger charge is -2.20. The van der Waals surface area contributed by atoms with Gasteiger partial charge in [0.1, 0.15) is 0 Å². The van der Waals surface area contributed by atoms with E-state index in [2.05, 4.69) is 89.3 Å². The fourth-order valence-electron chi connectivity index (χ4n) is 3.49. The second-order valence-corrected chi connectivity index (χ2v) is 6.90. The third-order valence-electron chi connectivity index (χ3n) is 4.89. The van der Waals surface area contributed by atoms with Crippen molar-refractivity contribution < 1.29 is 0 Å². The minimum absolute atomic E-state index is 0.129. The molecule has 1 N–H and O–H groups in total. The molecule has 1 atom stereocenters. The van der Waals surface area contributed by atoms with Gasteiger partial charge >= 0.3 is 0 Å². The van der Waals surface area contributed by atoms with Crippen LogP contribution in [0, 0.1) is 13.8 Å². The number of tetrazole rings is 1. The molecule has 4 aromatic rings. The van der Waals surface area contributed by atoms with Crippen molar-refractivity contribution in [3.63, 3.8) is 0 Å². The van der Waals surface area contributed by atoms with Gasteiger partial charge in [0, 0.05) is 6.54 Å². The van der Waals surface area contributed by atoms with Crippen LogP contribution in [-0.4, -0.2) is 20.2 Å². The van der Waals surface area contributed by atoms with E-state index in [1.54, 1.807) is 0 Å². The van der Waals surface area contributed by atoms with E-state index in [9.17, 15) is 0 Å².